The van der Waals surface area contributed by atoms with E-state index in [1.807, 2.05) is 36.4 Å². The first-order valence-electron chi connectivity index (χ1n) is 7.05. The Balaban J connectivity index is 2.06. The molecule has 0 unspecified atom stereocenters. The van der Waals surface area contributed by atoms with Gasteiger partial charge in [0.2, 0.25) is 0 Å². The molecule has 0 aliphatic carbocycles. The van der Waals surface area contributed by atoms with Gasteiger partial charge in [-0.2, -0.15) is 5.10 Å². The molecule has 0 bridgehead atoms. The lowest BCUT2D eigenvalue weighted by molar-refractivity contribution is 0.371. The van der Waals surface area contributed by atoms with Gasteiger partial charge in [-0.15, -0.1) is 6.58 Å². The minimum atomic E-state index is 0.150. The van der Waals surface area contributed by atoms with Gasteiger partial charge in [-0.3, -0.25) is 0 Å². The molecule has 0 heterocycles. The maximum atomic E-state index is 10.0. The van der Waals surface area contributed by atoms with Crippen LogP contribution in [0.1, 0.15) is 16.7 Å². The minimum Gasteiger partial charge on any atom is -0.504 e. The predicted octanol–water partition coefficient (Wildman–Crippen LogP) is 3.25. The molecular formula is C18H20N2O2. The van der Waals surface area contributed by atoms with Crippen LogP contribution >= 0.6 is 0 Å². The van der Waals surface area contributed by atoms with Gasteiger partial charge in [-0.25, -0.2) is 0 Å². The third kappa shape index (κ3) is 4.12. The van der Waals surface area contributed by atoms with E-state index in [9.17, 15) is 5.11 Å². The number of aromatic hydroxyl groups is 1. The van der Waals surface area contributed by atoms with Crippen LogP contribution in [-0.4, -0.2) is 18.4 Å². The minimum absolute atomic E-state index is 0.150. The van der Waals surface area contributed by atoms with E-state index in [-0.39, 0.29) is 5.75 Å². The molecule has 0 spiro atoms. The van der Waals surface area contributed by atoms with E-state index < -0.39 is 0 Å². The monoisotopic (exact) mass is 296 g/mol. The van der Waals surface area contributed by atoms with Crippen molar-refractivity contribution < 1.29 is 9.84 Å². The van der Waals surface area contributed by atoms with Crippen LogP contribution in [0.5, 0.6) is 11.5 Å². The summed E-state index contributed by atoms with van der Waals surface area (Å²) in [6.45, 7) is 4.35. The van der Waals surface area contributed by atoms with Crippen molar-refractivity contribution in [3.05, 3.63) is 71.8 Å². The van der Waals surface area contributed by atoms with E-state index in [2.05, 4.69) is 17.1 Å². The van der Waals surface area contributed by atoms with Gasteiger partial charge in [0.05, 0.1) is 19.9 Å². The van der Waals surface area contributed by atoms with Crippen LogP contribution in [0.25, 0.3) is 0 Å². The summed E-state index contributed by atoms with van der Waals surface area (Å²) < 4.78 is 5.18. The zero-order valence-corrected chi connectivity index (χ0v) is 12.6. The molecule has 0 radical (unpaired) electrons. The third-order valence-corrected chi connectivity index (χ3v) is 3.19. The number of nitrogens with one attached hydrogen (secondary N) is 1. The molecular weight excluding hydrogens is 276 g/mol. The topological polar surface area (TPSA) is 53.9 Å². The molecule has 0 aromatic heterocycles. The molecule has 22 heavy (non-hydrogen) atoms. The Morgan fingerprint density at radius 3 is 2.73 bits per heavy atom. The van der Waals surface area contributed by atoms with Gasteiger partial charge in [0.1, 0.15) is 0 Å². The number of ether oxygens (including phenoxy) is 1. The fourth-order valence-corrected chi connectivity index (χ4v) is 2.08. The molecule has 0 saturated heterocycles. The maximum Gasteiger partial charge on any atom is 0.161 e. The van der Waals surface area contributed by atoms with Gasteiger partial charge in [0, 0.05) is 5.56 Å². The molecule has 114 valence electrons. The number of phenols is 1. The number of rotatable bonds is 7. The molecule has 0 aliphatic rings. The fourth-order valence-electron chi connectivity index (χ4n) is 2.08. The first-order chi connectivity index (χ1) is 10.7. The largest absolute Gasteiger partial charge is 0.504 e. The van der Waals surface area contributed by atoms with Crippen molar-refractivity contribution in [1.29, 1.82) is 0 Å². The molecule has 0 aliphatic heterocycles. The van der Waals surface area contributed by atoms with Crippen molar-refractivity contribution >= 4 is 6.21 Å². The van der Waals surface area contributed by atoms with Gasteiger partial charge >= 0.3 is 0 Å². The number of hydrogen-bond donors (Lipinski definition) is 2. The fraction of sp³-hybridized carbons (Fsp3) is 0.167. The summed E-state index contributed by atoms with van der Waals surface area (Å²) in [4.78, 5) is 0. The summed E-state index contributed by atoms with van der Waals surface area (Å²) in [6.07, 6.45) is 4.02. The SMILES string of the molecule is C=CCc1cc(C=NNCc2ccccc2)cc(OC)c1O. The number of methoxy groups -OCH3 is 1. The second-order valence-corrected chi connectivity index (χ2v) is 4.80. The molecule has 2 N–H and O–H groups in total. The first-order valence-corrected chi connectivity index (χ1v) is 7.05. The van der Waals surface area contributed by atoms with E-state index in [4.69, 9.17) is 4.74 Å². The average molecular weight is 296 g/mol. The summed E-state index contributed by atoms with van der Waals surface area (Å²) in [5.74, 6) is 0.584. The summed E-state index contributed by atoms with van der Waals surface area (Å²) in [6, 6.07) is 13.7. The van der Waals surface area contributed by atoms with Crippen LogP contribution < -0.4 is 10.2 Å². The Kier molecular flexibility index (Phi) is 5.60. The zero-order valence-electron chi connectivity index (χ0n) is 12.6. The summed E-state index contributed by atoms with van der Waals surface area (Å²) in [5, 5.41) is 14.2. The van der Waals surface area contributed by atoms with Gasteiger partial charge in [0.25, 0.3) is 0 Å². The van der Waals surface area contributed by atoms with E-state index in [0.717, 1.165) is 16.7 Å². The molecule has 2 rings (SSSR count). The zero-order chi connectivity index (χ0) is 15.8. The smallest absolute Gasteiger partial charge is 0.161 e. The number of benzene rings is 2. The van der Waals surface area contributed by atoms with Gasteiger partial charge in [-0.05, 0) is 29.7 Å². The summed E-state index contributed by atoms with van der Waals surface area (Å²) in [7, 11) is 1.53. The lowest BCUT2D eigenvalue weighted by Crippen LogP contribution is -2.05. The first kappa shape index (κ1) is 15.6. The van der Waals surface area contributed by atoms with Gasteiger partial charge in [-0.1, -0.05) is 36.4 Å². The van der Waals surface area contributed by atoms with E-state index in [1.54, 1.807) is 18.4 Å². The molecule has 0 saturated carbocycles. The van der Waals surface area contributed by atoms with Crippen molar-refractivity contribution in [1.82, 2.24) is 5.43 Å². The Morgan fingerprint density at radius 2 is 2.05 bits per heavy atom. The maximum absolute atomic E-state index is 10.0. The van der Waals surface area contributed by atoms with Crippen molar-refractivity contribution in [3.8, 4) is 11.5 Å². The number of nitrogens with zero attached hydrogens (tertiary/aromatic N) is 1. The van der Waals surface area contributed by atoms with Crippen molar-refractivity contribution in [2.75, 3.05) is 7.11 Å². The van der Waals surface area contributed by atoms with Gasteiger partial charge in [0.15, 0.2) is 11.5 Å². The Labute approximate surface area is 130 Å². The second-order valence-electron chi connectivity index (χ2n) is 4.80. The van der Waals surface area contributed by atoms with Crippen molar-refractivity contribution in [2.45, 2.75) is 13.0 Å². The average Bonchev–Trinajstić information content (AvgIpc) is 2.55. The summed E-state index contributed by atoms with van der Waals surface area (Å²) >= 11 is 0. The van der Waals surface area contributed by atoms with Gasteiger partial charge < -0.3 is 15.3 Å². The highest BCUT2D eigenvalue weighted by Crippen LogP contribution is 2.31. The molecule has 4 heteroatoms. The van der Waals surface area contributed by atoms with Crippen LogP contribution in [0.2, 0.25) is 0 Å². The Morgan fingerprint density at radius 1 is 1.27 bits per heavy atom. The van der Waals surface area contributed by atoms with E-state index in [0.29, 0.717) is 18.7 Å². The summed E-state index contributed by atoms with van der Waals surface area (Å²) in [5.41, 5.74) is 5.78. The van der Waals surface area contributed by atoms with Crippen LogP contribution in [0.4, 0.5) is 0 Å². The van der Waals surface area contributed by atoms with Crippen LogP contribution in [0.3, 0.4) is 0 Å². The molecule has 0 fully saturated rings. The normalized spacial score (nSPS) is 10.6. The highest BCUT2D eigenvalue weighted by molar-refractivity contribution is 5.81. The van der Waals surface area contributed by atoms with Crippen molar-refractivity contribution in [2.24, 2.45) is 5.10 Å². The van der Waals surface area contributed by atoms with E-state index >= 15 is 0 Å². The second kappa shape index (κ2) is 7.88. The molecule has 2 aromatic carbocycles. The van der Waals surface area contributed by atoms with Crippen molar-refractivity contribution in [3.63, 3.8) is 0 Å². The third-order valence-electron chi connectivity index (χ3n) is 3.19. The lowest BCUT2D eigenvalue weighted by atomic mass is 10.1. The van der Waals surface area contributed by atoms with Crippen LogP contribution in [-0.2, 0) is 13.0 Å². The highest BCUT2D eigenvalue weighted by atomic mass is 16.5. The quantitative estimate of drug-likeness (QED) is 0.468. The molecule has 0 atom stereocenters. The number of hydrazone groups is 1. The molecule has 4 nitrogen and oxygen atoms in total. The van der Waals surface area contributed by atoms with Crippen LogP contribution in [0.15, 0.2) is 60.2 Å². The Hall–Kier alpha value is -2.75. The predicted molar refractivity (Wildman–Crippen MR) is 89.4 cm³/mol. The molecule has 2 aromatic rings. The number of phenolic OH excluding ortho intramolecular Hbond substituents is 1. The lowest BCUT2D eigenvalue weighted by Gasteiger charge is -2.09. The number of hydrogen-bond acceptors (Lipinski definition) is 4. The standard InChI is InChI=1S/C18H20N2O2/c1-3-7-16-10-15(11-17(22-2)18(16)21)13-20-19-12-14-8-5-4-6-9-14/h3-6,8-11,13,19,21H,1,7,12H2,2H3. The Bertz CT molecular complexity index is 652. The highest BCUT2D eigenvalue weighted by Gasteiger charge is 2.08. The molecule has 0 amide bonds. The van der Waals surface area contributed by atoms with E-state index in [1.165, 1.54) is 7.11 Å². The van der Waals surface area contributed by atoms with Crippen LogP contribution in [0, 0.1) is 0 Å². The number of allylic oxidation sites excluding steroid dienone is 1.